The minimum atomic E-state index is -4.90. The Morgan fingerprint density at radius 2 is 1.35 bits per heavy atom. The molecule has 1 aliphatic heterocycles. The average Bonchev–Trinajstić information content (AvgIpc) is 3.26. The molecule has 1 saturated carbocycles. The van der Waals surface area contributed by atoms with Gasteiger partial charge in [-0.2, -0.15) is 26.3 Å². The Bertz CT molecular complexity index is 938. The number of ether oxygens (including phenoxy) is 3. The Labute approximate surface area is 194 Å². The maximum absolute atomic E-state index is 13.3. The largest absolute Gasteiger partial charge is 0.416 e. The van der Waals surface area contributed by atoms with Crippen molar-refractivity contribution < 1.29 is 40.6 Å². The van der Waals surface area contributed by atoms with Gasteiger partial charge in [0.2, 0.25) is 0 Å². The molecular weight excluding hydrogens is 462 g/mol. The maximum atomic E-state index is 13.3. The van der Waals surface area contributed by atoms with Crippen LogP contribution >= 0.6 is 0 Å². The zero-order valence-corrected chi connectivity index (χ0v) is 18.6. The van der Waals surface area contributed by atoms with Crippen LogP contribution in [0.5, 0.6) is 0 Å². The predicted octanol–water partition coefficient (Wildman–Crippen LogP) is 7.06. The van der Waals surface area contributed by atoms with E-state index in [4.69, 9.17) is 14.2 Å². The van der Waals surface area contributed by atoms with Crippen LogP contribution in [-0.2, 0) is 32.0 Å². The third kappa shape index (κ3) is 5.26. The Morgan fingerprint density at radius 1 is 0.824 bits per heavy atom. The molecule has 2 fully saturated rings. The van der Waals surface area contributed by atoms with Gasteiger partial charge in [-0.15, -0.1) is 0 Å². The number of rotatable bonds is 5. The molecule has 1 heterocycles. The van der Waals surface area contributed by atoms with E-state index in [9.17, 15) is 26.3 Å². The topological polar surface area (TPSA) is 27.7 Å². The monoisotopic (exact) mass is 488 g/mol. The minimum absolute atomic E-state index is 0.129. The first-order chi connectivity index (χ1) is 15.9. The predicted molar refractivity (Wildman–Crippen MR) is 112 cm³/mol. The van der Waals surface area contributed by atoms with Crippen LogP contribution in [0.25, 0.3) is 0 Å². The van der Waals surface area contributed by atoms with Crippen LogP contribution in [0.2, 0.25) is 0 Å². The van der Waals surface area contributed by atoms with Crippen LogP contribution in [0.1, 0.15) is 61.0 Å². The Morgan fingerprint density at radius 3 is 1.85 bits per heavy atom. The SMILES string of the molecule is CC(OCC1(c2ccccc2)CCC2(CC1)OCCO2)c1cc(C(F)(F)F)cc(C(F)(F)F)c1. The van der Waals surface area contributed by atoms with E-state index < -0.39 is 40.8 Å². The first kappa shape index (κ1) is 25.0. The second-order valence-electron chi connectivity index (χ2n) is 9.05. The molecule has 0 radical (unpaired) electrons. The molecule has 1 aliphatic carbocycles. The molecule has 0 bridgehead atoms. The first-order valence-corrected chi connectivity index (χ1v) is 11.2. The lowest BCUT2D eigenvalue weighted by Crippen LogP contribution is -2.44. The van der Waals surface area contributed by atoms with Crippen LogP contribution in [0.3, 0.4) is 0 Å². The molecule has 9 heteroatoms. The van der Waals surface area contributed by atoms with E-state index in [0.29, 0.717) is 38.9 Å². The van der Waals surface area contributed by atoms with Gasteiger partial charge in [0.15, 0.2) is 5.79 Å². The summed E-state index contributed by atoms with van der Waals surface area (Å²) in [5.74, 6) is -0.619. The van der Waals surface area contributed by atoms with E-state index >= 15 is 0 Å². The van der Waals surface area contributed by atoms with Crippen molar-refractivity contribution in [2.24, 2.45) is 0 Å². The summed E-state index contributed by atoms with van der Waals surface area (Å²) in [7, 11) is 0. The number of alkyl halides is 6. The molecular formula is C25H26F6O3. The first-order valence-electron chi connectivity index (χ1n) is 11.2. The normalized spacial score (nSPS) is 21.0. The summed E-state index contributed by atoms with van der Waals surface area (Å²) in [5, 5.41) is 0. The summed E-state index contributed by atoms with van der Waals surface area (Å²) in [6.07, 6.45) is -8.22. The van der Waals surface area contributed by atoms with Gasteiger partial charge in [0.1, 0.15) is 0 Å². The minimum Gasteiger partial charge on any atom is -0.373 e. The van der Waals surface area contributed by atoms with Crippen LogP contribution in [0, 0.1) is 0 Å². The van der Waals surface area contributed by atoms with Gasteiger partial charge in [0, 0.05) is 18.3 Å². The van der Waals surface area contributed by atoms with Gasteiger partial charge in [-0.1, -0.05) is 30.3 Å². The smallest absolute Gasteiger partial charge is 0.373 e. The van der Waals surface area contributed by atoms with Crippen molar-refractivity contribution in [2.75, 3.05) is 19.8 Å². The molecule has 1 spiro atoms. The molecule has 1 saturated heterocycles. The maximum Gasteiger partial charge on any atom is 0.416 e. The second kappa shape index (κ2) is 9.17. The molecule has 3 nitrogen and oxygen atoms in total. The molecule has 0 amide bonds. The van der Waals surface area contributed by atoms with E-state index in [1.54, 1.807) is 0 Å². The highest BCUT2D eigenvalue weighted by Crippen LogP contribution is 2.47. The fourth-order valence-corrected chi connectivity index (χ4v) is 4.80. The summed E-state index contributed by atoms with van der Waals surface area (Å²) in [6, 6.07) is 11.2. The number of hydrogen-bond donors (Lipinski definition) is 0. The molecule has 2 aromatic carbocycles. The van der Waals surface area contributed by atoms with Crippen molar-refractivity contribution >= 4 is 0 Å². The van der Waals surface area contributed by atoms with Gasteiger partial charge in [-0.25, -0.2) is 0 Å². The van der Waals surface area contributed by atoms with Crippen molar-refractivity contribution in [1.29, 1.82) is 0 Å². The fraction of sp³-hybridized carbons (Fsp3) is 0.520. The lowest BCUT2D eigenvalue weighted by Gasteiger charge is -2.44. The molecule has 1 unspecified atom stereocenters. The summed E-state index contributed by atoms with van der Waals surface area (Å²) < 4.78 is 97.3. The molecule has 186 valence electrons. The molecule has 1 atom stereocenters. The second-order valence-corrected chi connectivity index (χ2v) is 9.05. The third-order valence-corrected chi connectivity index (χ3v) is 6.86. The lowest BCUT2D eigenvalue weighted by atomic mass is 9.68. The van der Waals surface area contributed by atoms with Crippen molar-refractivity contribution in [3.63, 3.8) is 0 Å². The number of halogens is 6. The van der Waals surface area contributed by atoms with E-state index in [1.165, 1.54) is 6.92 Å². The highest BCUT2D eigenvalue weighted by Gasteiger charge is 2.47. The van der Waals surface area contributed by atoms with Gasteiger partial charge < -0.3 is 14.2 Å². The van der Waals surface area contributed by atoms with Crippen molar-refractivity contribution in [3.05, 3.63) is 70.8 Å². The van der Waals surface area contributed by atoms with Crippen molar-refractivity contribution in [2.45, 2.75) is 62.3 Å². The summed E-state index contributed by atoms with van der Waals surface area (Å²) >= 11 is 0. The molecule has 4 rings (SSSR count). The third-order valence-electron chi connectivity index (χ3n) is 6.86. The van der Waals surface area contributed by atoms with Gasteiger partial charge in [-0.05, 0) is 49.1 Å². The number of benzene rings is 2. The van der Waals surface area contributed by atoms with E-state index in [-0.39, 0.29) is 18.2 Å². The standard InChI is InChI=1S/C25H26F6O3/c1-17(18-13-20(24(26,27)28)15-21(14-18)25(29,30)31)32-16-22(19-5-3-2-4-6-19)7-9-23(10-8-22)33-11-12-34-23/h2-6,13-15,17H,7-12,16H2,1H3. The summed E-state index contributed by atoms with van der Waals surface area (Å²) in [4.78, 5) is 0. The molecule has 0 aromatic heterocycles. The lowest BCUT2D eigenvalue weighted by molar-refractivity contribution is -0.189. The average molecular weight is 488 g/mol. The molecule has 2 aliphatic rings. The zero-order chi connectivity index (χ0) is 24.6. The Hall–Kier alpha value is -2.10. The summed E-state index contributed by atoms with van der Waals surface area (Å²) in [6.45, 7) is 2.68. The van der Waals surface area contributed by atoms with E-state index in [0.717, 1.165) is 17.7 Å². The Kier molecular flexibility index (Phi) is 6.74. The highest BCUT2D eigenvalue weighted by atomic mass is 19.4. The van der Waals surface area contributed by atoms with E-state index in [2.05, 4.69) is 0 Å². The molecule has 0 N–H and O–H groups in total. The van der Waals surface area contributed by atoms with Gasteiger partial charge in [0.05, 0.1) is 37.1 Å². The Balaban J connectivity index is 1.57. The molecule has 34 heavy (non-hydrogen) atoms. The van der Waals surface area contributed by atoms with Gasteiger partial charge in [0.25, 0.3) is 0 Å². The molecule has 2 aromatic rings. The van der Waals surface area contributed by atoms with Gasteiger partial charge >= 0.3 is 12.4 Å². The highest BCUT2D eigenvalue weighted by molar-refractivity contribution is 5.35. The van der Waals surface area contributed by atoms with Crippen LogP contribution in [-0.4, -0.2) is 25.6 Å². The van der Waals surface area contributed by atoms with Crippen LogP contribution in [0.4, 0.5) is 26.3 Å². The fourth-order valence-electron chi connectivity index (χ4n) is 4.80. The van der Waals surface area contributed by atoms with Gasteiger partial charge in [-0.3, -0.25) is 0 Å². The van der Waals surface area contributed by atoms with Crippen molar-refractivity contribution in [3.8, 4) is 0 Å². The van der Waals surface area contributed by atoms with Crippen LogP contribution < -0.4 is 0 Å². The zero-order valence-electron chi connectivity index (χ0n) is 18.6. The van der Waals surface area contributed by atoms with E-state index in [1.807, 2.05) is 30.3 Å². The van der Waals surface area contributed by atoms with Crippen molar-refractivity contribution in [1.82, 2.24) is 0 Å². The van der Waals surface area contributed by atoms with Crippen LogP contribution in [0.15, 0.2) is 48.5 Å². The number of hydrogen-bond acceptors (Lipinski definition) is 3. The summed E-state index contributed by atoms with van der Waals surface area (Å²) in [5.41, 5.74) is -2.30. The quantitative estimate of drug-likeness (QED) is 0.422.